The Hall–Kier alpha value is -3.24. The molecule has 1 saturated heterocycles. The fourth-order valence-corrected chi connectivity index (χ4v) is 4.67. The molecule has 5 rings (SSSR count). The highest BCUT2D eigenvalue weighted by atomic mass is 16.5. The zero-order chi connectivity index (χ0) is 23.7. The number of primary amides is 1. The number of aryl methyl sites for hydroxylation is 1. The summed E-state index contributed by atoms with van der Waals surface area (Å²) in [5.74, 6) is 1.19. The molecule has 1 aromatic heterocycles. The number of hydrogen-bond acceptors (Lipinski definition) is 8. The van der Waals surface area contributed by atoms with Gasteiger partial charge in [0.2, 0.25) is 11.4 Å². The summed E-state index contributed by atoms with van der Waals surface area (Å²) < 4.78 is 13.9. The van der Waals surface area contributed by atoms with Gasteiger partial charge in [-0.25, -0.2) is 9.97 Å². The molecular formula is C24H32N7O3+. The fraction of sp³-hybridized carbons (Fsp3) is 0.500. The van der Waals surface area contributed by atoms with E-state index >= 15 is 0 Å². The zero-order valence-electron chi connectivity index (χ0n) is 19.8. The number of nitrogens with two attached hydrogens (primary N) is 1. The van der Waals surface area contributed by atoms with E-state index in [1.807, 2.05) is 25.1 Å². The lowest BCUT2D eigenvalue weighted by molar-refractivity contribution is -0.454. The predicted molar refractivity (Wildman–Crippen MR) is 130 cm³/mol. The number of nitrogens with one attached hydrogen (secondary N) is 2. The standard InChI is InChI=1S/C24H31N7O3/c1-3-18-23(26-15-6-10-33-11-7-15)29-24(21(28-18)22(25)32)27-16-4-5-19-20(12-16)34-14-17-13-30(2)8-9-31(17)19/h4-5,12,15H,3,6-11,13-14H2,1-2H3,(H3-,25,26,27,29,32)/p+1. The molecule has 0 saturated carbocycles. The van der Waals surface area contributed by atoms with Gasteiger partial charge in [0, 0.05) is 37.1 Å². The van der Waals surface area contributed by atoms with Crippen LogP contribution in [0.15, 0.2) is 18.2 Å². The molecule has 1 amide bonds. The van der Waals surface area contributed by atoms with Crippen molar-refractivity contribution in [2.45, 2.75) is 32.2 Å². The number of likely N-dealkylation sites (N-methyl/N-ethyl adjacent to an activating group) is 1. The SMILES string of the molecule is CCc1nc(C(N)=O)c(Nc2ccc3c(c2)OCC2=[N+]3CCN(C)C2)nc1NC1CCOCC1. The van der Waals surface area contributed by atoms with Crippen LogP contribution in [-0.4, -0.2) is 83.6 Å². The third-order valence-corrected chi connectivity index (χ3v) is 6.55. The van der Waals surface area contributed by atoms with Crippen LogP contribution in [0.2, 0.25) is 0 Å². The smallest absolute Gasteiger partial charge is 0.271 e. The first-order chi connectivity index (χ1) is 16.5. The van der Waals surface area contributed by atoms with Gasteiger partial charge < -0.3 is 25.8 Å². The molecule has 1 aromatic carbocycles. The van der Waals surface area contributed by atoms with Crippen LogP contribution in [0.3, 0.4) is 0 Å². The molecule has 3 aliphatic heterocycles. The highest BCUT2D eigenvalue weighted by molar-refractivity contribution is 5.96. The van der Waals surface area contributed by atoms with Crippen molar-refractivity contribution in [3.05, 3.63) is 29.6 Å². The lowest BCUT2D eigenvalue weighted by atomic mass is 10.1. The molecule has 0 atom stereocenters. The number of rotatable bonds is 6. The van der Waals surface area contributed by atoms with Crippen molar-refractivity contribution in [1.29, 1.82) is 0 Å². The minimum absolute atomic E-state index is 0.128. The number of carbonyl (C=O) groups is 1. The van der Waals surface area contributed by atoms with Gasteiger partial charge in [0.25, 0.3) is 5.91 Å². The Labute approximate surface area is 199 Å². The molecule has 0 aliphatic carbocycles. The largest absolute Gasteiger partial charge is 0.476 e. The Morgan fingerprint density at radius 1 is 1.26 bits per heavy atom. The first-order valence-corrected chi connectivity index (χ1v) is 11.9. The van der Waals surface area contributed by atoms with Crippen molar-refractivity contribution in [2.75, 3.05) is 57.1 Å². The summed E-state index contributed by atoms with van der Waals surface area (Å²) in [7, 11) is 2.12. The van der Waals surface area contributed by atoms with E-state index in [1.54, 1.807) is 0 Å². The van der Waals surface area contributed by atoms with Crippen LogP contribution in [-0.2, 0) is 11.2 Å². The minimum Gasteiger partial charge on any atom is -0.476 e. The fourth-order valence-electron chi connectivity index (χ4n) is 4.67. The first kappa shape index (κ1) is 22.5. The molecule has 2 aromatic rings. The third-order valence-electron chi connectivity index (χ3n) is 6.55. The minimum atomic E-state index is -0.617. The summed E-state index contributed by atoms with van der Waals surface area (Å²) in [5, 5.41) is 6.75. The van der Waals surface area contributed by atoms with Gasteiger partial charge in [-0.2, -0.15) is 4.58 Å². The van der Waals surface area contributed by atoms with Crippen molar-refractivity contribution in [3.63, 3.8) is 0 Å². The van der Waals surface area contributed by atoms with E-state index in [1.165, 1.54) is 5.71 Å². The number of ether oxygens (including phenoxy) is 2. The van der Waals surface area contributed by atoms with Gasteiger partial charge in [-0.15, -0.1) is 0 Å². The maximum Gasteiger partial charge on any atom is 0.271 e. The summed E-state index contributed by atoms with van der Waals surface area (Å²) in [6.45, 7) is 6.85. The monoisotopic (exact) mass is 466 g/mol. The van der Waals surface area contributed by atoms with E-state index < -0.39 is 5.91 Å². The summed E-state index contributed by atoms with van der Waals surface area (Å²) in [5.41, 5.74) is 9.60. The summed E-state index contributed by atoms with van der Waals surface area (Å²) in [4.78, 5) is 23.8. The van der Waals surface area contributed by atoms with Crippen molar-refractivity contribution >= 4 is 34.6 Å². The van der Waals surface area contributed by atoms with Crippen LogP contribution in [0.4, 0.5) is 23.0 Å². The Morgan fingerprint density at radius 2 is 2.09 bits per heavy atom. The summed E-state index contributed by atoms with van der Waals surface area (Å²) in [6.07, 6.45) is 2.44. The van der Waals surface area contributed by atoms with Crippen molar-refractivity contribution in [1.82, 2.24) is 14.9 Å². The van der Waals surface area contributed by atoms with Gasteiger partial charge in [-0.3, -0.25) is 9.69 Å². The highest BCUT2D eigenvalue weighted by Crippen LogP contribution is 2.35. The van der Waals surface area contributed by atoms with Gasteiger partial charge >= 0.3 is 0 Å². The molecule has 1 fully saturated rings. The van der Waals surface area contributed by atoms with Gasteiger partial charge in [0.15, 0.2) is 36.2 Å². The quantitative estimate of drug-likeness (QED) is 0.553. The van der Waals surface area contributed by atoms with E-state index in [2.05, 4.69) is 32.1 Å². The second-order valence-corrected chi connectivity index (χ2v) is 9.02. The second kappa shape index (κ2) is 9.55. The molecule has 0 spiro atoms. The number of benzene rings is 1. The van der Waals surface area contributed by atoms with Crippen LogP contribution >= 0.6 is 0 Å². The van der Waals surface area contributed by atoms with E-state index in [4.69, 9.17) is 20.2 Å². The van der Waals surface area contributed by atoms with Gasteiger partial charge in [0.1, 0.15) is 0 Å². The number of carbonyl (C=O) groups excluding carboxylic acids is 1. The van der Waals surface area contributed by atoms with Gasteiger partial charge in [0.05, 0.1) is 18.8 Å². The van der Waals surface area contributed by atoms with Crippen molar-refractivity contribution < 1.29 is 18.8 Å². The van der Waals surface area contributed by atoms with Gasteiger partial charge in [-0.05, 0) is 32.4 Å². The Kier molecular flexibility index (Phi) is 6.34. The molecule has 4 N–H and O–H groups in total. The third kappa shape index (κ3) is 4.55. The number of fused-ring (bicyclic) bond motifs is 2. The van der Waals surface area contributed by atoms with Gasteiger partial charge in [-0.1, -0.05) is 6.92 Å². The molecule has 0 radical (unpaired) electrons. The van der Waals surface area contributed by atoms with E-state index in [-0.39, 0.29) is 11.7 Å². The highest BCUT2D eigenvalue weighted by Gasteiger charge is 2.32. The van der Waals surface area contributed by atoms with Crippen LogP contribution in [0.5, 0.6) is 5.75 Å². The number of aromatic nitrogens is 2. The molecule has 4 heterocycles. The number of nitrogens with zero attached hydrogens (tertiary/aromatic N) is 4. The summed E-state index contributed by atoms with van der Waals surface area (Å²) in [6, 6.07) is 6.21. The maximum absolute atomic E-state index is 12.2. The number of anilines is 3. The summed E-state index contributed by atoms with van der Waals surface area (Å²) >= 11 is 0. The molecule has 180 valence electrons. The zero-order valence-corrected chi connectivity index (χ0v) is 19.8. The Balaban J connectivity index is 1.44. The normalized spacial score (nSPS) is 18.6. The Bertz CT molecular complexity index is 1130. The van der Waals surface area contributed by atoms with E-state index in [0.29, 0.717) is 24.7 Å². The van der Waals surface area contributed by atoms with Crippen LogP contribution in [0, 0.1) is 0 Å². The number of amides is 1. The van der Waals surface area contributed by atoms with Crippen LogP contribution in [0.1, 0.15) is 35.9 Å². The molecule has 10 nitrogen and oxygen atoms in total. The van der Waals surface area contributed by atoms with Crippen LogP contribution in [0.25, 0.3) is 0 Å². The topological polar surface area (TPSA) is 118 Å². The first-order valence-electron chi connectivity index (χ1n) is 11.9. The van der Waals surface area contributed by atoms with Crippen molar-refractivity contribution in [3.8, 4) is 5.75 Å². The molecule has 0 unspecified atom stereocenters. The second-order valence-electron chi connectivity index (χ2n) is 9.02. The lowest BCUT2D eigenvalue weighted by Crippen LogP contribution is -2.45. The predicted octanol–water partition coefficient (Wildman–Crippen LogP) is 1.90. The average molecular weight is 467 g/mol. The molecule has 34 heavy (non-hydrogen) atoms. The average Bonchev–Trinajstić information content (AvgIpc) is 2.84. The molecule has 10 heteroatoms. The molecule has 3 aliphatic rings. The van der Waals surface area contributed by atoms with E-state index in [9.17, 15) is 4.79 Å². The van der Waals surface area contributed by atoms with Crippen LogP contribution < -0.4 is 21.1 Å². The molecular weight excluding hydrogens is 434 g/mol. The lowest BCUT2D eigenvalue weighted by Gasteiger charge is -2.26. The Morgan fingerprint density at radius 3 is 2.85 bits per heavy atom. The van der Waals surface area contributed by atoms with Crippen molar-refractivity contribution in [2.24, 2.45) is 5.73 Å². The molecule has 0 bridgehead atoms. The maximum atomic E-state index is 12.2. The van der Waals surface area contributed by atoms with E-state index in [0.717, 1.165) is 68.5 Å². The number of hydrogen-bond donors (Lipinski definition) is 3.